The monoisotopic (exact) mass is 725 g/mol. The van der Waals surface area contributed by atoms with Crippen molar-refractivity contribution in [1.82, 2.24) is 15.3 Å². The first-order valence-electron chi connectivity index (χ1n) is 19.4. The molecule has 0 aliphatic carbocycles. The molecule has 0 spiro atoms. The second kappa shape index (κ2) is 21.5. The number of aromatic nitrogens is 2. The highest BCUT2D eigenvalue weighted by molar-refractivity contribution is 7.14. The van der Waals surface area contributed by atoms with Crippen LogP contribution in [0.25, 0.3) is 22.5 Å². The number of nitrogens with one attached hydrogen (secondary N) is 1. The van der Waals surface area contributed by atoms with E-state index in [1.807, 2.05) is 67.0 Å². The number of aliphatic carboxylic acids is 1. The summed E-state index contributed by atoms with van der Waals surface area (Å²) in [6.45, 7) is 9.27. The highest BCUT2D eigenvalue weighted by atomic mass is 32.1. The second-order valence-corrected chi connectivity index (χ2v) is 16.0. The van der Waals surface area contributed by atoms with E-state index in [-0.39, 0.29) is 17.7 Å². The summed E-state index contributed by atoms with van der Waals surface area (Å²) in [5.74, 6) is 0.00906. The average Bonchev–Trinajstić information content (AvgIpc) is 3.66. The molecule has 4 rings (SSSR count). The van der Waals surface area contributed by atoms with Gasteiger partial charge in [0.1, 0.15) is 11.8 Å². The van der Waals surface area contributed by atoms with Crippen LogP contribution in [0, 0.1) is 0 Å². The van der Waals surface area contributed by atoms with Crippen molar-refractivity contribution in [3.8, 4) is 28.3 Å². The summed E-state index contributed by atoms with van der Waals surface area (Å²) in [7, 11) is 0. The topological polar surface area (TPSA) is 101 Å². The third kappa shape index (κ3) is 13.8. The standard InChI is InChI=1S/C44H59N3O4S/c1-5-6-7-8-9-10-11-12-13-14-15-16-17-18-29-51-37-25-23-34(24-26-37)36-31-45-41(46-32-36)35-21-19-33(20-22-35)30-38(43(49)50)47-42(48)39-27-28-40(52-39)44(2,3)4/h19-28,31-32,38H,5-18,29-30H2,1-4H3,(H,47,48)(H,49,50). The molecular weight excluding hydrogens is 667 g/mol. The Hall–Kier alpha value is -4.04. The molecule has 2 aromatic carbocycles. The summed E-state index contributed by atoms with van der Waals surface area (Å²) >= 11 is 1.39. The Kier molecular flexibility index (Phi) is 16.8. The average molecular weight is 726 g/mol. The summed E-state index contributed by atoms with van der Waals surface area (Å²) in [6, 6.07) is 18.2. The van der Waals surface area contributed by atoms with Crippen molar-refractivity contribution in [2.24, 2.45) is 0 Å². The van der Waals surface area contributed by atoms with Crippen molar-refractivity contribution in [3.05, 3.63) is 88.4 Å². The van der Waals surface area contributed by atoms with Gasteiger partial charge in [-0.2, -0.15) is 0 Å². The maximum absolute atomic E-state index is 12.8. The van der Waals surface area contributed by atoms with E-state index in [2.05, 4.69) is 43.0 Å². The maximum atomic E-state index is 12.8. The van der Waals surface area contributed by atoms with E-state index in [1.54, 1.807) is 6.07 Å². The van der Waals surface area contributed by atoms with E-state index in [0.29, 0.717) is 10.7 Å². The number of amides is 1. The Morgan fingerprint density at radius 2 is 1.25 bits per heavy atom. The zero-order chi connectivity index (χ0) is 37.2. The number of benzene rings is 2. The van der Waals surface area contributed by atoms with Gasteiger partial charge in [0.05, 0.1) is 11.5 Å². The molecule has 1 unspecified atom stereocenters. The molecule has 52 heavy (non-hydrogen) atoms. The van der Waals surface area contributed by atoms with Gasteiger partial charge in [-0.15, -0.1) is 11.3 Å². The van der Waals surface area contributed by atoms with Gasteiger partial charge in [0.2, 0.25) is 0 Å². The van der Waals surface area contributed by atoms with Crippen LogP contribution < -0.4 is 10.1 Å². The predicted molar refractivity (Wildman–Crippen MR) is 214 cm³/mol. The van der Waals surface area contributed by atoms with Crippen LogP contribution in [-0.4, -0.2) is 39.6 Å². The number of carbonyl (C=O) groups excluding carboxylic acids is 1. The summed E-state index contributed by atoms with van der Waals surface area (Å²) in [6.07, 6.45) is 22.7. The lowest BCUT2D eigenvalue weighted by molar-refractivity contribution is -0.139. The van der Waals surface area contributed by atoms with Crippen LogP contribution in [0.2, 0.25) is 0 Å². The molecule has 0 radical (unpaired) electrons. The van der Waals surface area contributed by atoms with Crippen LogP contribution >= 0.6 is 11.3 Å². The maximum Gasteiger partial charge on any atom is 0.326 e. The van der Waals surface area contributed by atoms with Gasteiger partial charge in [-0.3, -0.25) is 4.79 Å². The summed E-state index contributed by atoms with van der Waals surface area (Å²) in [4.78, 5) is 35.6. The molecule has 2 heterocycles. The lowest BCUT2D eigenvalue weighted by atomic mass is 9.95. The smallest absolute Gasteiger partial charge is 0.326 e. The first-order chi connectivity index (χ1) is 25.1. The van der Waals surface area contributed by atoms with Gasteiger partial charge in [-0.25, -0.2) is 14.8 Å². The minimum absolute atomic E-state index is 0.0763. The molecule has 1 atom stereocenters. The van der Waals surface area contributed by atoms with Crippen molar-refractivity contribution in [1.29, 1.82) is 0 Å². The fourth-order valence-electron chi connectivity index (χ4n) is 6.17. The zero-order valence-corrected chi connectivity index (χ0v) is 32.6. The normalized spacial score (nSPS) is 12.1. The van der Waals surface area contributed by atoms with Gasteiger partial charge in [0.25, 0.3) is 5.91 Å². The van der Waals surface area contributed by atoms with Gasteiger partial charge in [-0.1, -0.05) is 148 Å². The Morgan fingerprint density at radius 1 is 0.712 bits per heavy atom. The number of carboxylic acid groups (broad SMARTS) is 1. The molecule has 0 saturated heterocycles. The summed E-state index contributed by atoms with van der Waals surface area (Å²) in [5, 5.41) is 12.5. The Balaban J connectivity index is 1.15. The van der Waals surface area contributed by atoms with Crippen molar-refractivity contribution < 1.29 is 19.4 Å². The summed E-state index contributed by atoms with van der Waals surface area (Å²) < 4.78 is 5.99. The van der Waals surface area contributed by atoms with Crippen LogP contribution in [0.15, 0.2) is 73.1 Å². The number of hydrogen-bond acceptors (Lipinski definition) is 6. The van der Waals surface area contributed by atoms with Crippen molar-refractivity contribution in [2.75, 3.05) is 6.61 Å². The summed E-state index contributed by atoms with van der Waals surface area (Å²) in [5.41, 5.74) is 3.48. The number of thiophene rings is 1. The van der Waals surface area contributed by atoms with E-state index in [0.717, 1.165) is 45.9 Å². The molecule has 1 amide bonds. The van der Waals surface area contributed by atoms with Crippen LogP contribution in [0.5, 0.6) is 5.75 Å². The third-order valence-electron chi connectivity index (χ3n) is 9.43. The van der Waals surface area contributed by atoms with Gasteiger partial charge in [0.15, 0.2) is 5.82 Å². The van der Waals surface area contributed by atoms with Gasteiger partial charge >= 0.3 is 5.97 Å². The number of unbranched alkanes of at least 4 members (excludes halogenated alkanes) is 13. The zero-order valence-electron chi connectivity index (χ0n) is 31.8. The molecule has 0 aliphatic heterocycles. The minimum Gasteiger partial charge on any atom is -0.494 e. The number of carbonyl (C=O) groups is 2. The molecule has 280 valence electrons. The quantitative estimate of drug-likeness (QED) is 0.0738. The van der Waals surface area contributed by atoms with E-state index in [9.17, 15) is 14.7 Å². The van der Waals surface area contributed by atoms with Crippen molar-refractivity contribution >= 4 is 23.2 Å². The molecule has 8 heteroatoms. The largest absolute Gasteiger partial charge is 0.494 e. The molecule has 2 aromatic heterocycles. The van der Waals surface area contributed by atoms with Crippen LogP contribution in [-0.2, 0) is 16.6 Å². The Morgan fingerprint density at radius 3 is 1.77 bits per heavy atom. The van der Waals surface area contributed by atoms with E-state index in [4.69, 9.17) is 4.74 Å². The Bertz CT molecular complexity index is 1630. The molecule has 7 nitrogen and oxygen atoms in total. The molecular formula is C44H59N3O4S. The lowest BCUT2D eigenvalue weighted by Crippen LogP contribution is -2.42. The van der Waals surface area contributed by atoms with Crippen LogP contribution in [0.1, 0.15) is 138 Å². The van der Waals surface area contributed by atoms with Gasteiger partial charge in [0, 0.05) is 34.8 Å². The lowest BCUT2D eigenvalue weighted by Gasteiger charge is -2.16. The fourth-order valence-corrected chi connectivity index (χ4v) is 7.14. The van der Waals surface area contributed by atoms with Gasteiger partial charge in [-0.05, 0) is 47.2 Å². The van der Waals surface area contributed by atoms with Crippen molar-refractivity contribution in [3.63, 3.8) is 0 Å². The van der Waals surface area contributed by atoms with Crippen LogP contribution in [0.4, 0.5) is 0 Å². The highest BCUT2D eigenvalue weighted by Gasteiger charge is 2.24. The molecule has 0 aliphatic rings. The molecule has 4 aromatic rings. The van der Waals surface area contributed by atoms with E-state index >= 15 is 0 Å². The predicted octanol–water partition coefficient (Wildman–Crippen LogP) is 11.5. The number of ether oxygens (including phenoxy) is 1. The number of nitrogens with zero attached hydrogens (tertiary/aromatic N) is 2. The third-order valence-corrected chi connectivity index (χ3v) is 10.9. The molecule has 0 saturated carbocycles. The SMILES string of the molecule is CCCCCCCCCCCCCCCCOc1ccc(-c2cnc(-c3ccc(CC(NC(=O)c4ccc(C(C)(C)C)s4)C(=O)O)cc3)nc2)cc1. The number of carboxylic acids is 1. The molecule has 0 bridgehead atoms. The highest BCUT2D eigenvalue weighted by Crippen LogP contribution is 2.30. The fraction of sp³-hybridized carbons (Fsp3) is 0.500. The van der Waals surface area contributed by atoms with Crippen LogP contribution in [0.3, 0.4) is 0 Å². The Labute approximate surface area is 315 Å². The van der Waals surface area contributed by atoms with E-state index in [1.165, 1.54) is 94.8 Å². The number of hydrogen-bond donors (Lipinski definition) is 2. The second-order valence-electron chi connectivity index (χ2n) is 14.9. The minimum atomic E-state index is -1.08. The molecule has 2 N–H and O–H groups in total. The molecule has 0 fully saturated rings. The number of rotatable bonds is 23. The van der Waals surface area contributed by atoms with Gasteiger partial charge < -0.3 is 15.2 Å². The van der Waals surface area contributed by atoms with E-state index < -0.39 is 12.0 Å². The first kappa shape index (κ1) is 40.7. The van der Waals surface area contributed by atoms with Crippen molar-refractivity contribution in [2.45, 2.75) is 135 Å². The first-order valence-corrected chi connectivity index (χ1v) is 20.2.